The van der Waals surface area contributed by atoms with Crippen molar-refractivity contribution in [3.05, 3.63) is 0 Å². The molecule has 0 bridgehead atoms. The molecule has 2 heteroatoms. The van der Waals surface area contributed by atoms with Crippen LogP contribution in [0.3, 0.4) is 0 Å². The van der Waals surface area contributed by atoms with Crippen LogP contribution in [0.15, 0.2) is 0 Å². The summed E-state index contributed by atoms with van der Waals surface area (Å²) in [5.74, 6) is 0.864. The molecule has 1 amide bonds. The van der Waals surface area contributed by atoms with Gasteiger partial charge >= 0.3 is 0 Å². The quantitative estimate of drug-likeness (QED) is 0.646. The molecule has 0 heterocycles. The maximum atomic E-state index is 10.6. The van der Waals surface area contributed by atoms with Crippen molar-refractivity contribution in [2.24, 2.45) is 5.92 Å². The Balaban J connectivity index is 2.09. The van der Waals surface area contributed by atoms with Gasteiger partial charge in [0, 0.05) is 13.5 Å². The summed E-state index contributed by atoms with van der Waals surface area (Å²) >= 11 is 0. The van der Waals surface area contributed by atoms with E-state index in [1.54, 1.807) is 6.92 Å². The van der Waals surface area contributed by atoms with Gasteiger partial charge in [0.1, 0.15) is 0 Å². The van der Waals surface area contributed by atoms with Gasteiger partial charge in [-0.15, -0.1) is 0 Å². The van der Waals surface area contributed by atoms with Gasteiger partial charge in [0.25, 0.3) is 0 Å². The molecular formula is C9H17NO. The van der Waals surface area contributed by atoms with Crippen molar-refractivity contribution < 1.29 is 4.79 Å². The zero-order valence-electron chi connectivity index (χ0n) is 7.23. The van der Waals surface area contributed by atoms with Crippen molar-refractivity contribution in [1.29, 1.82) is 0 Å². The van der Waals surface area contributed by atoms with E-state index in [4.69, 9.17) is 0 Å². The molecule has 11 heavy (non-hydrogen) atoms. The Morgan fingerprint density at radius 3 is 2.55 bits per heavy atom. The SMILES string of the molecule is CC(=O)NCC1CCCCC1. The first-order valence-electron chi connectivity index (χ1n) is 4.53. The maximum absolute atomic E-state index is 10.6. The van der Waals surface area contributed by atoms with Gasteiger partial charge in [0.05, 0.1) is 0 Å². The fraction of sp³-hybridized carbons (Fsp3) is 0.889. The van der Waals surface area contributed by atoms with E-state index >= 15 is 0 Å². The van der Waals surface area contributed by atoms with Crippen LogP contribution in [0.4, 0.5) is 0 Å². The third kappa shape index (κ3) is 3.40. The molecule has 64 valence electrons. The van der Waals surface area contributed by atoms with E-state index in [0.717, 1.165) is 12.5 Å². The highest BCUT2D eigenvalue weighted by atomic mass is 16.1. The molecule has 0 atom stereocenters. The Morgan fingerprint density at radius 2 is 2.00 bits per heavy atom. The highest BCUT2D eigenvalue weighted by Gasteiger charge is 2.12. The summed E-state index contributed by atoms with van der Waals surface area (Å²) in [5.41, 5.74) is 0. The Morgan fingerprint density at radius 1 is 1.36 bits per heavy atom. The second kappa shape index (κ2) is 4.37. The summed E-state index contributed by atoms with van der Waals surface area (Å²) in [7, 11) is 0. The van der Waals surface area contributed by atoms with Gasteiger partial charge in [0.2, 0.25) is 5.91 Å². The molecule has 1 fully saturated rings. The summed E-state index contributed by atoms with van der Waals surface area (Å²) in [6.07, 6.45) is 6.70. The molecule has 1 aliphatic rings. The molecule has 0 aromatic carbocycles. The molecule has 0 aliphatic heterocycles. The highest BCUT2D eigenvalue weighted by Crippen LogP contribution is 2.22. The van der Waals surface area contributed by atoms with Crippen LogP contribution >= 0.6 is 0 Å². The average molecular weight is 155 g/mol. The third-order valence-electron chi connectivity index (χ3n) is 2.36. The Labute approximate surface area is 68.4 Å². The van der Waals surface area contributed by atoms with Gasteiger partial charge in [-0.1, -0.05) is 19.3 Å². The lowest BCUT2D eigenvalue weighted by Gasteiger charge is -2.21. The molecule has 0 unspecified atom stereocenters. The first-order valence-corrected chi connectivity index (χ1v) is 4.53. The fourth-order valence-corrected chi connectivity index (χ4v) is 1.68. The highest BCUT2D eigenvalue weighted by molar-refractivity contribution is 5.72. The summed E-state index contributed by atoms with van der Waals surface area (Å²) < 4.78 is 0. The molecule has 1 N–H and O–H groups in total. The summed E-state index contributed by atoms with van der Waals surface area (Å²) in [6, 6.07) is 0. The zero-order chi connectivity index (χ0) is 8.10. The van der Waals surface area contributed by atoms with E-state index in [-0.39, 0.29) is 5.91 Å². The molecule has 1 saturated carbocycles. The predicted molar refractivity (Wildman–Crippen MR) is 45.3 cm³/mol. The second-order valence-corrected chi connectivity index (χ2v) is 3.44. The molecule has 1 aliphatic carbocycles. The van der Waals surface area contributed by atoms with E-state index < -0.39 is 0 Å². The molecule has 0 aromatic heterocycles. The van der Waals surface area contributed by atoms with Crippen molar-refractivity contribution in [2.75, 3.05) is 6.54 Å². The minimum Gasteiger partial charge on any atom is -0.356 e. The summed E-state index contributed by atoms with van der Waals surface area (Å²) in [6.45, 7) is 2.48. The van der Waals surface area contributed by atoms with E-state index in [1.807, 2.05) is 0 Å². The lowest BCUT2D eigenvalue weighted by Crippen LogP contribution is -2.28. The smallest absolute Gasteiger partial charge is 0.216 e. The largest absolute Gasteiger partial charge is 0.356 e. The predicted octanol–water partition coefficient (Wildman–Crippen LogP) is 1.70. The molecule has 0 saturated heterocycles. The lowest BCUT2D eigenvalue weighted by molar-refractivity contribution is -0.119. The first kappa shape index (κ1) is 8.57. The van der Waals surface area contributed by atoms with Crippen LogP contribution in [0.25, 0.3) is 0 Å². The van der Waals surface area contributed by atoms with Crippen LogP contribution in [-0.4, -0.2) is 12.5 Å². The van der Waals surface area contributed by atoms with Gasteiger partial charge in [-0.05, 0) is 18.8 Å². The molecule has 0 radical (unpaired) electrons. The Bertz CT molecular complexity index is 128. The van der Waals surface area contributed by atoms with Crippen LogP contribution in [0.2, 0.25) is 0 Å². The van der Waals surface area contributed by atoms with Crippen molar-refractivity contribution in [3.8, 4) is 0 Å². The Kier molecular flexibility index (Phi) is 3.40. The molecule has 1 rings (SSSR count). The molecule has 2 nitrogen and oxygen atoms in total. The van der Waals surface area contributed by atoms with E-state index in [2.05, 4.69) is 5.32 Å². The standard InChI is InChI=1S/C9H17NO/c1-8(11)10-7-9-5-3-2-4-6-9/h9H,2-7H2,1H3,(H,10,11). The second-order valence-electron chi connectivity index (χ2n) is 3.44. The summed E-state index contributed by atoms with van der Waals surface area (Å²) in [5, 5.41) is 2.88. The summed E-state index contributed by atoms with van der Waals surface area (Å²) in [4.78, 5) is 10.6. The van der Waals surface area contributed by atoms with Gasteiger partial charge in [-0.25, -0.2) is 0 Å². The van der Waals surface area contributed by atoms with E-state index in [0.29, 0.717) is 0 Å². The Hall–Kier alpha value is -0.530. The van der Waals surface area contributed by atoms with Crippen LogP contribution in [-0.2, 0) is 4.79 Å². The van der Waals surface area contributed by atoms with Crippen molar-refractivity contribution in [3.63, 3.8) is 0 Å². The van der Waals surface area contributed by atoms with Gasteiger partial charge in [0.15, 0.2) is 0 Å². The third-order valence-corrected chi connectivity index (χ3v) is 2.36. The van der Waals surface area contributed by atoms with Crippen molar-refractivity contribution in [2.45, 2.75) is 39.0 Å². The number of nitrogens with one attached hydrogen (secondary N) is 1. The number of hydrogen-bond acceptors (Lipinski definition) is 1. The lowest BCUT2D eigenvalue weighted by atomic mass is 9.89. The molecule has 0 spiro atoms. The van der Waals surface area contributed by atoms with Gasteiger partial charge < -0.3 is 5.32 Å². The van der Waals surface area contributed by atoms with Crippen molar-refractivity contribution >= 4 is 5.91 Å². The van der Waals surface area contributed by atoms with E-state index in [9.17, 15) is 4.79 Å². The number of carbonyl (C=O) groups excluding carboxylic acids is 1. The normalized spacial score (nSPS) is 19.7. The minimum atomic E-state index is 0.107. The molecule has 0 aromatic rings. The molecular weight excluding hydrogens is 138 g/mol. The number of rotatable bonds is 2. The topological polar surface area (TPSA) is 29.1 Å². The minimum absolute atomic E-state index is 0.107. The van der Waals surface area contributed by atoms with Crippen LogP contribution in [0, 0.1) is 5.92 Å². The van der Waals surface area contributed by atoms with Crippen LogP contribution in [0.5, 0.6) is 0 Å². The van der Waals surface area contributed by atoms with Crippen LogP contribution in [0.1, 0.15) is 39.0 Å². The van der Waals surface area contributed by atoms with Gasteiger partial charge in [-0.3, -0.25) is 4.79 Å². The maximum Gasteiger partial charge on any atom is 0.216 e. The van der Waals surface area contributed by atoms with Crippen LogP contribution < -0.4 is 5.32 Å². The number of hydrogen-bond donors (Lipinski definition) is 1. The number of amides is 1. The number of carbonyl (C=O) groups is 1. The zero-order valence-corrected chi connectivity index (χ0v) is 7.23. The van der Waals surface area contributed by atoms with E-state index in [1.165, 1.54) is 32.1 Å². The fourth-order valence-electron chi connectivity index (χ4n) is 1.68. The van der Waals surface area contributed by atoms with Crippen molar-refractivity contribution in [1.82, 2.24) is 5.32 Å². The van der Waals surface area contributed by atoms with Gasteiger partial charge in [-0.2, -0.15) is 0 Å². The average Bonchev–Trinajstić information content (AvgIpc) is 2.03. The monoisotopic (exact) mass is 155 g/mol. The first-order chi connectivity index (χ1) is 5.29.